The Labute approximate surface area is 149 Å². The molecule has 7 nitrogen and oxygen atoms in total. The predicted molar refractivity (Wildman–Crippen MR) is 95.3 cm³/mol. The van der Waals surface area contributed by atoms with Gasteiger partial charge in [-0.1, -0.05) is 11.3 Å². The topological polar surface area (TPSA) is 102 Å². The van der Waals surface area contributed by atoms with Crippen LogP contribution in [0.25, 0.3) is 10.2 Å². The molecule has 8 heteroatoms. The Hall–Kier alpha value is -2.24. The lowest BCUT2D eigenvalue weighted by molar-refractivity contribution is -0.117. The second kappa shape index (κ2) is 6.58. The summed E-state index contributed by atoms with van der Waals surface area (Å²) in [5, 5.41) is 22.0. The van der Waals surface area contributed by atoms with Crippen molar-refractivity contribution in [3.05, 3.63) is 12.3 Å². The van der Waals surface area contributed by atoms with E-state index in [4.69, 9.17) is 10.4 Å². The van der Waals surface area contributed by atoms with Gasteiger partial charge >= 0.3 is 0 Å². The number of aliphatic hydroxyl groups excluding tert-OH is 1. The Balaban J connectivity index is 1.56. The van der Waals surface area contributed by atoms with Crippen molar-refractivity contribution >= 4 is 38.4 Å². The Morgan fingerprint density at radius 2 is 2.44 bits per heavy atom. The van der Waals surface area contributed by atoms with Crippen molar-refractivity contribution < 1.29 is 9.90 Å². The van der Waals surface area contributed by atoms with E-state index in [0.717, 1.165) is 41.2 Å². The highest BCUT2D eigenvalue weighted by molar-refractivity contribution is 7.22. The van der Waals surface area contributed by atoms with Gasteiger partial charge in [-0.3, -0.25) is 4.79 Å². The second-order valence-electron chi connectivity index (χ2n) is 6.69. The van der Waals surface area contributed by atoms with E-state index in [0.29, 0.717) is 12.4 Å². The maximum absolute atomic E-state index is 12.3. The van der Waals surface area contributed by atoms with Gasteiger partial charge in [0.2, 0.25) is 5.91 Å². The molecule has 25 heavy (non-hydrogen) atoms. The number of amides is 1. The molecule has 0 bridgehead atoms. The van der Waals surface area contributed by atoms with Crippen LogP contribution in [0.3, 0.4) is 0 Å². The molecule has 2 aromatic rings. The van der Waals surface area contributed by atoms with Gasteiger partial charge in [0.25, 0.3) is 0 Å². The summed E-state index contributed by atoms with van der Waals surface area (Å²) in [6.45, 7) is 1.65. The first-order valence-corrected chi connectivity index (χ1v) is 9.33. The van der Waals surface area contributed by atoms with Crippen LogP contribution in [0, 0.1) is 29.1 Å². The van der Waals surface area contributed by atoms with Crippen LogP contribution in [0.5, 0.6) is 0 Å². The molecule has 2 N–H and O–H groups in total. The van der Waals surface area contributed by atoms with Crippen LogP contribution in [-0.4, -0.2) is 40.7 Å². The third-order valence-corrected chi connectivity index (χ3v) is 6.04. The van der Waals surface area contributed by atoms with Gasteiger partial charge in [0.15, 0.2) is 10.9 Å². The van der Waals surface area contributed by atoms with E-state index in [-0.39, 0.29) is 30.3 Å². The number of aromatic nitrogens is 2. The van der Waals surface area contributed by atoms with Gasteiger partial charge in [-0.25, -0.2) is 9.97 Å². The van der Waals surface area contributed by atoms with Crippen LogP contribution in [0.2, 0.25) is 0 Å². The maximum Gasteiger partial charge on any atom is 0.229 e. The number of piperidine rings is 1. The highest BCUT2D eigenvalue weighted by Crippen LogP contribution is 2.40. The molecule has 0 spiro atoms. The third kappa shape index (κ3) is 3.17. The largest absolute Gasteiger partial charge is 0.396 e. The first-order valence-electron chi connectivity index (χ1n) is 8.51. The summed E-state index contributed by atoms with van der Waals surface area (Å²) < 4.78 is 0.853. The lowest BCUT2D eigenvalue weighted by Gasteiger charge is -2.28. The smallest absolute Gasteiger partial charge is 0.229 e. The minimum Gasteiger partial charge on any atom is -0.396 e. The van der Waals surface area contributed by atoms with Crippen LogP contribution in [-0.2, 0) is 4.79 Å². The Kier molecular flexibility index (Phi) is 4.27. The SMILES string of the molecule is N#C[C@@H]1CCCN(c2nc3ccnc(NC(=O)[C@H]4C[C@@H]4CO)c3s2)C1. The molecule has 2 aromatic heterocycles. The molecule has 1 aliphatic carbocycles. The maximum atomic E-state index is 12.3. The number of nitrogens with one attached hydrogen (secondary N) is 1. The van der Waals surface area contributed by atoms with Crippen LogP contribution in [0.1, 0.15) is 19.3 Å². The summed E-state index contributed by atoms with van der Waals surface area (Å²) >= 11 is 1.50. The van der Waals surface area contributed by atoms with Crippen molar-refractivity contribution in [3.8, 4) is 6.07 Å². The molecule has 1 saturated heterocycles. The normalized spacial score (nSPS) is 25.6. The number of nitriles is 1. The molecule has 3 atom stereocenters. The number of aliphatic hydroxyl groups is 1. The molecular formula is C17H19N5O2S. The van der Waals surface area contributed by atoms with Crippen LogP contribution in [0.4, 0.5) is 10.9 Å². The fourth-order valence-corrected chi connectivity index (χ4v) is 4.34. The average Bonchev–Trinajstić information content (AvgIpc) is 3.31. The number of hydrogen-bond acceptors (Lipinski definition) is 7. The van der Waals surface area contributed by atoms with Crippen molar-refractivity contribution in [2.45, 2.75) is 19.3 Å². The van der Waals surface area contributed by atoms with Gasteiger partial charge in [-0.2, -0.15) is 5.26 Å². The standard InChI is InChI=1S/C17H19N5O2S/c18-7-10-2-1-5-22(8-10)17-20-13-3-4-19-15(14(13)25-17)21-16(24)12-6-11(12)9-23/h3-4,10-12,23H,1-2,5-6,8-9H2,(H,19,21,24)/t10-,11+,12-/m0/s1. The zero-order valence-electron chi connectivity index (χ0n) is 13.7. The van der Waals surface area contributed by atoms with E-state index >= 15 is 0 Å². The number of anilines is 2. The van der Waals surface area contributed by atoms with Gasteiger partial charge in [0.1, 0.15) is 0 Å². The number of carbonyl (C=O) groups is 1. The van der Waals surface area contributed by atoms with Gasteiger partial charge in [-0.05, 0) is 31.2 Å². The Morgan fingerprint density at radius 1 is 1.56 bits per heavy atom. The molecule has 1 aliphatic heterocycles. The first kappa shape index (κ1) is 16.2. The number of nitrogens with zero attached hydrogens (tertiary/aromatic N) is 4. The number of thiazole rings is 1. The Morgan fingerprint density at radius 3 is 3.20 bits per heavy atom. The summed E-state index contributed by atoms with van der Waals surface area (Å²) in [5.41, 5.74) is 0.805. The fraction of sp³-hybridized carbons (Fsp3) is 0.529. The summed E-state index contributed by atoms with van der Waals surface area (Å²) in [6.07, 6.45) is 4.30. The lowest BCUT2D eigenvalue weighted by atomic mass is 10.0. The van der Waals surface area contributed by atoms with E-state index in [9.17, 15) is 4.79 Å². The number of rotatable bonds is 4. The van der Waals surface area contributed by atoms with Crippen LogP contribution >= 0.6 is 11.3 Å². The molecule has 2 aliphatic rings. The average molecular weight is 357 g/mol. The van der Waals surface area contributed by atoms with E-state index < -0.39 is 0 Å². The molecule has 0 radical (unpaired) electrons. The summed E-state index contributed by atoms with van der Waals surface area (Å²) in [4.78, 5) is 23.4. The van der Waals surface area contributed by atoms with E-state index in [1.165, 1.54) is 11.3 Å². The van der Waals surface area contributed by atoms with Crippen molar-refractivity contribution in [2.24, 2.45) is 17.8 Å². The number of hydrogen-bond donors (Lipinski definition) is 2. The second-order valence-corrected chi connectivity index (χ2v) is 7.67. The molecular weight excluding hydrogens is 338 g/mol. The molecule has 130 valence electrons. The highest BCUT2D eigenvalue weighted by atomic mass is 32.1. The van der Waals surface area contributed by atoms with Gasteiger partial charge < -0.3 is 15.3 Å². The van der Waals surface area contributed by atoms with Gasteiger partial charge in [-0.15, -0.1) is 0 Å². The first-order chi connectivity index (χ1) is 12.2. The van der Waals surface area contributed by atoms with Crippen LogP contribution < -0.4 is 10.2 Å². The molecule has 0 unspecified atom stereocenters. The molecule has 4 rings (SSSR count). The van der Waals surface area contributed by atoms with Crippen LogP contribution in [0.15, 0.2) is 12.3 Å². The van der Waals surface area contributed by atoms with Crippen molar-refractivity contribution in [1.29, 1.82) is 5.26 Å². The van der Waals surface area contributed by atoms with E-state index in [1.807, 2.05) is 6.07 Å². The molecule has 3 heterocycles. The molecule has 1 saturated carbocycles. The fourth-order valence-electron chi connectivity index (χ4n) is 3.30. The minimum atomic E-state index is -0.118. The number of pyridine rings is 1. The minimum absolute atomic E-state index is 0.0448. The monoisotopic (exact) mass is 357 g/mol. The predicted octanol–water partition coefficient (Wildman–Crippen LogP) is 2.00. The summed E-state index contributed by atoms with van der Waals surface area (Å²) in [6, 6.07) is 4.19. The molecule has 2 fully saturated rings. The van der Waals surface area contributed by atoms with Gasteiger partial charge in [0.05, 0.1) is 22.2 Å². The van der Waals surface area contributed by atoms with Crippen molar-refractivity contribution in [1.82, 2.24) is 9.97 Å². The molecule has 1 amide bonds. The van der Waals surface area contributed by atoms with E-state index in [1.54, 1.807) is 6.20 Å². The van der Waals surface area contributed by atoms with Crippen molar-refractivity contribution in [2.75, 3.05) is 29.9 Å². The third-order valence-electron chi connectivity index (χ3n) is 4.90. The number of carbonyl (C=O) groups excluding carboxylic acids is 1. The van der Waals surface area contributed by atoms with Crippen molar-refractivity contribution in [3.63, 3.8) is 0 Å². The lowest BCUT2D eigenvalue weighted by Crippen LogP contribution is -2.34. The summed E-state index contributed by atoms with van der Waals surface area (Å²) in [5.74, 6) is 0.448. The van der Waals surface area contributed by atoms with E-state index in [2.05, 4.69) is 26.3 Å². The Bertz CT molecular complexity index is 845. The molecule has 0 aromatic carbocycles. The van der Waals surface area contributed by atoms with Gasteiger partial charge in [0, 0.05) is 31.8 Å². The summed E-state index contributed by atoms with van der Waals surface area (Å²) in [7, 11) is 0. The number of fused-ring (bicyclic) bond motifs is 1. The zero-order chi connectivity index (χ0) is 17.4. The quantitative estimate of drug-likeness (QED) is 0.868. The zero-order valence-corrected chi connectivity index (χ0v) is 14.5. The highest BCUT2D eigenvalue weighted by Gasteiger charge is 2.42.